The molecule has 2 amide bonds. The summed E-state index contributed by atoms with van der Waals surface area (Å²) in [7, 11) is 4.91. The molecule has 1 aliphatic rings. The van der Waals surface area contributed by atoms with Gasteiger partial charge in [0.25, 0.3) is 11.5 Å². The molecular weight excluding hydrogens is 681 g/mol. The van der Waals surface area contributed by atoms with Crippen molar-refractivity contribution >= 4 is 63.4 Å². The van der Waals surface area contributed by atoms with Gasteiger partial charge in [0.2, 0.25) is 11.9 Å². The van der Waals surface area contributed by atoms with Crippen molar-refractivity contribution in [3.8, 4) is 34.5 Å². The Morgan fingerprint density at radius 1 is 1.14 bits per heavy atom. The summed E-state index contributed by atoms with van der Waals surface area (Å²) >= 11 is 13.6. The van der Waals surface area contributed by atoms with Crippen LogP contribution in [0.3, 0.4) is 0 Å². The minimum absolute atomic E-state index is 0.0662. The first-order chi connectivity index (χ1) is 24.0. The van der Waals surface area contributed by atoms with Crippen molar-refractivity contribution in [3.63, 3.8) is 0 Å². The minimum atomic E-state index is -0.403. The second-order valence-corrected chi connectivity index (χ2v) is 12.4. The van der Waals surface area contributed by atoms with E-state index in [1.54, 1.807) is 40.8 Å². The van der Waals surface area contributed by atoms with Gasteiger partial charge < -0.3 is 25.0 Å². The van der Waals surface area contributed by atoms with Gasteiger partial charge in [0.05, 0.1) is 41.2 Å². The number of carbonyl (C=O) groups is 2. The van der Waals surface area contributed by atoms with E-state index in [2.05, 4.69) is 38.9 Å². The number of methoxy groups -OCH3 is 2. The van der Waals surface area contributed by atoms with E-state index in [0.717, 1.165) is 5.56 Å². The number of halogens is 2. The van der Waals surface area contributed by atoms with Crippen LogP contribution in [0, 0.1) is 18.8 Å². The van der Waals surface area contributed by atoms with Gasteiger partial charge in [-0.2, -0.15) is 4.98 Å². The molecule has 50 heavy (non-hydrogen) atoms. The summed E-state index contributed by atoms with van der Waals surface area (Å²) in [5, 5.41) is 6.85. The molecule has 0 spiro atoms. The molecule has 1 unspecified atom stereocenters. The van der Waals surface area contributed by atoms with Crippen molar-refractivity contribution < 1.29 is 19.1 Å². The summed E-state index contributed by atoms with van der Waals surface area (Å²) in [6.07, 6.45) is 3.28. The Kier molecular flexibility index (Phi) is 11.3. The molecule has 0 saturated carbocycles. The second-order valence-electron chi connectivity index (χ2n) is 11.6. The van der Waals surface area contributed by atoms with E-state index in [9.17, 15) is 14.4 Å². The highest BCUT2D eigenvalue weighted by Crippen LogP contribution is 2.45. The average Bonchev–Trinajstić information content (AvgIpc) is 3.10. The zero-order chi connectivity index (χ0) is 36.1. The normalized spacial score (nSPS) is 14.5. The fourth-order valence-corrected chi connectivity index (χ4v) is 6.57. The lowest BCUT2D eigenvalue weighted by molar-refractivity contribution is -0.127. The van der Waals surface area contributed by atoms with Gasteiger partial charge in [-0.05, 0) is 57.0 Å². The van der Waals surface area contributed by atoms with E-state index in [-0.39, 0.29) is 63.0 Å². The molecule has 0 radical (unpaired) electrons. The Morgan fingerprint density at radius 2 is 1.86 bits per heavy atom. The summed E-state index contributed by atoms with van der Waals surface area (Å²) in [6.45, 7) is 8.95. The van der Waals surface area contributed by atoms with Crippen molar-refractivity contribution in [1.82, 2.24) is 24.3 Å². The number of anilines is 3. The van der Waals surface area contributed by atoms with Gasteiger partial charge in [-0.25, -0.2) is 4.98 Å². The minimum Gasteiger partial charge on any atom is -0.495 e. The third-order valence-corrected chi connectivity index (χ3v) is 9.36. The van der Waals surface area contributed by atoms with E-state index < -0.39 is 5.56 Å². The smallest absolute Gasteiger partial charge is 0.298 e. The lowest BCUT2D eigenvalue weighted by Crippen LogP contribution is -2.53. The van der Waals surface area contributed by atoms with Crippen molar-refractivity contribution in [2.24, 2.45) is 0 Å². The molecular formula is C36H37Cl2N7O5. The molecule has 1 fully saturated rings. The molecule has 2 N–H and O–H groups in total. The molecule has 12 nitrogen and oxygen atoms in total. The van der Waals surface area contributed by atoms with Crippen LogP contribution >= 0.6 is 23.2 Å². The van der Waals surface area contributed by atoms with Crippen LogP contribution in [0.15, 0.2) is 54.0 Å². The molecule has 0 aliphatic carbocycles. The van der Waals surface area contributed by atoms with Crippen molar-refractivity contribution in [2.45, 2.75) is 32.9 Å². The number of likely N-dealkylation sites (N-methyl/N-ethyl adjacent to an activating group) is 1. The standard InChI is InChI=1S/C36H37Cl2N7O5/c1-7-10-29(47)44-16-15-43(4)23(20-44)13-14-45-34-22(17-24(35(45)48)30-31(37)26(49-5)18-27(50-6)32(30)38)19-39-36(42-34)41-33-21(3)11-9-12-25(33)40-28(46)8-2/h8-9,11-12,17-19,23H,2,13-16,20H2,1,3-6H3,(H,40,46)(H,39,41,42). The van der Waals surface area contributed by atoms with Gasteiger partial charge in [-0.15, -0.1) is 0 Å². The number of fused-ring (bicyclic) bond motifs is 1. The van der Waals surface area contributed by atoms with Crippen molar-refractivity contribution in [3.05, 3.63) is 75.1 Å². The van der Waals surface area contributed by atoms with Crippen molar-refractivity contribution in [2.75, 3.05) is 51.5 Å². The first kappa shape index (κ1) is 36.2. The molecule has 1 atom stereocenters. The lowest BCUT2D eigenvalue weighted by Gasteiger charge is -2.38. The van der Waals surface area contributed by atoms with Gasteiger partial charge in [-0.3, -0.25) is 23.9 Å². The largest absolute Gasteiger partial charge is 0.495 e. The lowest BCUT2D eigenvalue weighted by atomic mass is 10.0. The molecule has 3 heterocycles. The second kappa shape index (κ2) is 15.6. The molecule has 2 aromatic heterocycles. The first-order valence-corrected chi connectivity index (χ1v) is 16.5. The third kappa shape index (κ3) is 7.40. The fraction of sp³-hybridized carbons (Fsp3) is 0.306. The molecule has 1 saturated heterocycles. The van der Waals surface area contributed by atoms with Gasteiger partial charge in [0, 0.05) is 55.4 Å². The number of hydrogen-bond acceptors (Lipinski definition) is 9. The van der Waals surface area contributed by atoms with E-state index in [1.807, 2.05) is 26.1 Å². The number of pyridine rings is 1. The Balaban J connectivity index is 1.64. The maximum atomic E-state index is 14.6. The molecule has 1 aliphatic heterocycles. The van der Waals surface area contributed by atoms with Gasteiger partial charge in [-0.1, -0.05) is 47.8 Å². The maximum absolute atomic E-state index is 14.6. The van der Waals surface area contributed by atoms with Crippen LogP contribution in [-0.2, 0) is 16.1 Å². The molecule has 260 valence electrons. The number of amides is 2. The van der Waals surface area contributed by atoms with E-state index in [1.165, 1.54) is 20.3 Å². The number of rotatable bonds is 10. The summed E-state index contributed by atoms with van der Waals surface area (Å²) in [4.78, 5) is 52.6. The topological polar surface area (TPSA) is 131 Å². The van der Waals surface area contributed by atoms with Crippen LogP contribution in [0.5, 0.6) is 11.5 Å². The number of nitrogens with one attached hydrogen (secondary N) is 2. The number of hydrogen-bond donors (Lipinski definition) is 2. The van der Waals surface area contributed by atoms with E-state index >= 15 is 0 Å². The number of benzene rings is 2. The number of para-hydroxylation sites is 1. The van der Waals surface area contributed by atoms with Crippen LogP contribution in [0.25, 0.3) is 22.2 Å². The Hall–Kier alpha value is -5.09. The average molecular weight is 719 g/mol. The van der Waals surface area contributed by atoms with E-state index in [0.29, 0.717) is 48.5 Å². The van der Waals surface area contributed by atoms with Crippen LogP contribution in [0.1, 0.15) is 18.9 Å². The number of aromatic nitrogens is 3. The third-order valence-electron chi connectivity index (χ3n) is 8.61. The molecule has 0 bridgehead atoms. The Morgan fingerprint density at radius 3 is 2.52 bits per heavy atom. The Labute approximate surface area is 300 Å². The highest BCUT2D eigenvalue weighted by molar-refractivity contribution is 6.41. The van der Waals surface area contributed by atoms with Crippen LogP contribution in [0.4, 0.5) is 17.3 Å². The molecule has 2 aromatic carbocycles. The summed E-state index contributed by atoms with van der Waals surface area (Å²) < 4.78 is 12.5. The van der Waals surface area contributed by atoms with Gasteiger partial charge in [0.15, 0.2) is 0 Å². The highest BCUT2D eigenvalue weighted by Gasteiger charge is 2.28. The van der Waals surface area contributed by atoms with Crippen LogP contribution < -0.4 is 25.7 Å². The summed E-state index contributed by atoms with van der Waals surface area (Å²) in [5.41, 5.74) is 2.32. The Bertz CT molecular complexity index is 2080. The SMILES string of the molecule is C=CC(=O)Nc1cccc(C)c1Nc1ncc2cc(-c3c(Cl)c(OC)cc(OC)c3Cl)c(=O)n(CCC3CN(C(=O)C#CC)CCN3C)c2n1. The summed E-state index contributed by atoms with van der Waals surface area (Å²) in [5.74, 6) is 5.47. The molecule has 14 heteroatoms. The van der Waals surface area contributed by atoms with E-state index in [4.69, 9.17) is 37.7 Å². The van der Waals surface area contributed by atoms with Gasteiger partial charge >= 0.3 is 0 Å². The fourth-order valence-electron chi connectivity index (χ4n) is 5.87. The highest BCUT2D eigenvalue weighted by atomic mass is 35.5. The number of ether oxygens (including phenoxy) is 2. The molecule has 5 rings (SSSR count). The summed E-state index contributed by atoms with van der Waals surface area (Å²) in [6, 6.07) is 8.58. The predicted molar refractivity (Wildman–Crippen MR) is 197 cm³/mol. The number of carbonyl (C=O) groups excluding carboxylic acids is 2. The zero-order valence-electron chi connectivity index (χ0n) is 28.4. The maximum Gasteiger partial charge on any atom is 0.298 e. The molecule has 4 aromatic rings. The monoisotopic (exact) mass is 717 g/mol. The number of nitrogens with zero attached hydrogens (tertiary/aromatic N) is 5. The number of aryl methyl sites for hydroxylation is 2. The number of piperazine rings is 1. The zero-order valence-corrected chi connectivity index (χ0v) is 29.9. The van der Waals surface area contributed by atoms with Crippen LogP contribution in [0.2, 0.25) is 10.0 Å². The van der Waals surface area contributed by atoms with Gasteiger partial charge in [0.1, 0.15) is 17.1 Å². The first-order valence-electron chi connectivity index (χ1n) is 15.7. The van der Waals surface area contributed by atoms with Crippen LogP contribution in [-0.4, -0.2) is 83.1 Å². The van der Waals surface area contributed by atoms with Crippen molar-refractivity contribution in [1.29, 1.82) is 0 Å². The quantitative estimate of drug-likeness (QED) is 0.161. The predicted octanol–water partition coefficient (Wildman–Crippen LogP) is 5.52.